The van der Waals surface area contributed by atoms with Gasteiger partial charge in [0.05, 0.1) is 5.69 Å². The van der Waals surface area contributed by atoms with Crippen molar-refractivity contribution in [3.8, 4) is 11.3 Å². The molecular weight excluding hydrogens is 248 g/mol. The van der Waals surface area contributed by atoms with Crippen molar-refractivity contribution in [3.63, 3.8) is 0 Å². The highest BCUT2D eigenvalue weighted by molar-refractivity contribution is 5.59. The van der Waals surface area contributed by atoms with Gasteiger partial charge >= 0.3 is 0 Å². The normalized spacial score (nSPS) is 11.5. The molecular formula is C16H24N4. The third kappa shape index (κ3) is 3.92. The average Bonchev–Trinajstić information content (AvgIpc) is 2.84. The van der Waals surface area contributed by atoms with Gasteiger partial charge in [-0.25, -0.2) is 0 Å². The molecule has 0 atom stereocenters. The predicted octanol–water partition coefficient (Wildman–Crippen LogP) is 2.08. The number of likely N-dealkylation sites (N-methyl/N-ethyl adjacent to an activating group) is 2. The minimum absolute atomic E-state index is 0.986. The van der Waals surface area contributed by atoms with Crippen LogP contribution in [0.5, 0.6) is 0 Å². The molecule has 0 saturated carbocycles. The van der Waals surface area contributed by atoms with Crippen molar-refractivity contribution in [3.05, 3.63) is 42.1 Å². The predicted molar refractivity (Wildman–Crippen MR) is 83.5 cm³/mol. The fourth-order valence-corrected chi connectivity index (χ4v) is 2.20. The zero-order chi connectivity index (χ0) is 14.5. The van der Waals surface area contributed by atoms with E-state index >= 15 is 0 Å². The van der Waals surface area contributed by atoms with Gasteiger partial charge in [-0.3, -0.25) is 4.68 Å². The van der Waals surface area contributed by atoms with Crippen LogP contribution >= 0.6 is 0 Å². The van der Waals surface area contributed by atoms with E-state index in [2.05, 4.69) is 60.3 Å². The van der Waals surface area contributed by atoms with E-state index in [9.17, 15) is 0 Å². The van der Waals surface area contributed by atoms with Crippen LogP contribution in [0.4, 0.5) is 0 Å². The number of hydrogen-bond acceptors (Lipinski definition) is 3. The van der Waals surface area contributed by atoms with Crippen molar-refractivity contribution in [2.24, 2.45) is 7.05 Å². The molecule has 0 unspecified atom stereocenters. The lowest BCUT2D eigenvalue weighted by Crippen LogP contribution is -2.28. The molecule has 4 nitrogen and oxygen atoms in total. The Balaban J connectivity index is 1.97. The van der Waals surface area contributed by atoms with Crippen LogP contribution in [0.15, 0.2) is 36.5 Å². The first-order valence-corrected chi connectivity index (χ1v) is 6.97. The smallest absolute Gasteiger partial charge is 0.0678 e. The lowest BCUT2D eigenvalue weighted by molar-refractivity contribution is 0.276. The van der Waals surface area contributed by atoms with Crippen LogP contribution in [0, 0.1) is 0 Å². The highest BCUT2D eigenvalue weighted by Gasteiger charge is 2.04. The second-order valence-corrected chi connectivity index (χ2v) is 5.58. The summed E-state index contributed by atoms with van der Waals surface area (Å²) in [7, 11) is 8.35. The van der Waals surface area contributed by atoms with E-state index in [1.165, 1.54) is 11.1 Å². The van der Waals surface area contributed by atoms with Crippen molar-refractivity contribution in [2.45, 2.75) is 6.54 Å². The summed E-state index contributed by atoms with van der Waals surface area (Å²) in [5.74, 6) is 0. The third-order valence-corrected chi connectivity index (χ3v) is 3.45. The first kappa shape index (κ1) is 14.8. The largest absolute Gasteiger partial charge is 0.308 e. The Morgan fingerprint density at radius 2 is 1.70 bits per heavy atom. The Hall–Kier alpha value is -1.65. The maximum absolute atomic E-state index is 4.21. The molecule has 0 N–H and O–H groups in total. The lowest BCUT2D eigenvalue weighted by atomic mass is 10.1. The molecule has 2 rings (SSSR count). The van der Waals surface area contributed by atoms with Crippen LogP contribution in [0.3, 0.4) is 0 Å². The molecule has 2 aromatic rings. The second kappa shape index (κ2) is 6.68. The van der Waals surface area contributed by atoms with Crippen LogP contribution in [-0.2, 0) is 13.6 Å². The molecule has 0 bridgehead atoms. The molecule has 0 spiro atoms. The molecule has 1 aromatic heterocycles. The monoisotopic (exact) mass is 272 g/mol. The van der Waals surface area contributed by atoms with Gasteiger partial charge in [-0.2, -0.15) is 5.10 Å². The van der Waals surface area contributed by atoms with Crippen molar-refractivity contribution in [1.82, 2.24) is 19.6 Å². The van der Waals surface area contributed by atoms with E-state index in [1.54, 1.807) is 0 Å². The highest BCUT2D eigenvalue weighted by Crippen LogP contribution is 2.18. The second-order valence-electron chi connectivity index (χ2n) is 5.58. The number of nitrogens with zero attached hydrogens (tertiary/aromatic N) is 4. The van der Waals surface area contributed by atoms with Crippen LogP contribution < -0.4 is 0 Å². The molecule has 4 heteroatoms. The summed E-state index contributed by atoms with van der Waals surface area (Å²) in [5, 5.41) is 4.21. The van der Waals surface area contributed by atoms with Crippen molar-refractivity contribution in [2.75, 3.05) is 34.2 Å². The fraction of sp³-hybridized carbons (Fsp3) is 0.438. The van der Waals surface area contributed by atoms with Gasteiger partial charge in [0.15, 0.2) is 0 Å². The van der Waals surface area contributed by atoms with Crippen LogP contribution in [0.2, 0.25) is 0 Å². The van der Waals surface area contributed by atoms with Gasteiger partial charge in [-0.15, -0.1) is 0 Å². The Bertz CT molecular complexity index is 528. The van der Waals surface area contributed by atoms with Gasteiger partial charge in [0.1, 0.15) is 0 Å². The number of hydrogen-bond donors (Lipinski definition) is 0. The Labute approximate surface area is 121 Å². The molecule has 108 valence electrons. The summed E-state index contributed by atoms with van der Waals surface area (Å²) in [4.78, 5) is 4.56. The summed E-state index contributed by atoms with van der Waals surface area (Å²) < 4.78 is 1.90. The zero-order valence-corrected chi connectivity index (χ0v) is 12.9. The van der Waals surface area contributed by atoms with E-state index in [0.29, 0.717) is 0 Å². The van der Waals surface area contributed by atoms with Crippen molar-refractivity contribution < 1.29 is 0 Å². The molecule has 1 aromatic carbocycles. The first-order valence-electron chi connectivity index (χ1n) is 6.97. The minimum atomic E-state index is 0.986. The van der Waals surface area contributed by atoms with Gasteiger partial charge in [0, 0.05) is 32.9 Å². The highest BCUT2D eigenvalue weighted by atomic mass is 15.3. The fourth-order valence-electron chi connectivity index (χ4n) is 2.20. The lowest BCUT2D eigenvalue weighted by Gasteiger charge is -2.19. The quantitative estimate of drug-likeness (QED) is 0.804. The first-order chi connectivity index (χ1) is 9.56. The molecule has 1 heterocycles. The Morgan fingerprint density at radius 1 is 1.00 bits per heavy atom. The maximum Gasteiger partial charge on any atom is 0.0678 e. The van der Waals surface area contributed by atoms with Gasteiger partial charge in [0.2, 0.25) is 0 Å². The van der Waals surface area contributed by atoms with Gasteiger partial charge < -0.3 is 9.80 Å². The van der Waals surface area contributed by atoms with E-state index in [-0.39, 0.29) is 0 Å². The van der Waals surface area contributed by atoms with E-state index in [1.807, 2.05) is 24.0 Å². The Morgan fingerprint density at radius 3 is 2.25 bits per heavy atom. The molecule has 20 heavy (non-hydrogen) atoms. The van der Waals surface area contributed by atoms with Gasteiger partial charge in [-0.1, -0.05) is 24.3 Å². The van der Waals surface area contributed by atoms with Crippen LogP contribution in [-0.4, -0.2) is 53.8 Å². The van der Waals surface area contributed by atoms with Crippen molar-refractivity contribution in [1.29, 1.82) is 0 Å². The molecule has 0 aliphatic heterocycles. The maximum atomic E-state index is 4.21. The average molecular weight is 272 g/mol. The number of benzene rings is 1. The minimum Gasteiger partial charge on any atom is -0.308 e. The summed E-state index contributed by atoms with van der Waals surface area (Å²) in [6.07, 6.45) is 1.83. The van der Waals surface area contributed by atoms with E-state index in [0.717, 1.165) is 25.3 Å². The van der Waals surface area contributed by atoms with E-state index in [4.69, 9.17) is 0 Å². The van der Waals surface area contributed by atoms with E-state index < -0.39 is 0 Å². The number of aromatic nitrogens is 2. The summed E-state index contributed by atoms with van der Waals surface area (Å²) >= 11 is 0. The Kier molecular flexibility index (Phi) is 4.93. The number of aryl methyl sites for hydroxylation is 1. The molecule has 0 radical (unpaired) electrons. The molecule has 0 aliphatic rings. The molecule has 0 fully saturated rings. The molecule has 0 amide bonds. The zero-order valence-electron chi connectivity index (χ0n) is 12.9. The SMILES string of the molecule is CN(C)CCN(C)Cc1ccc(-c2ccnn2C)cc1. The molecule has 0 saturated heterocycles. The summed E-state index contributed by atoms with van der Waals surface area (Å²) in [5.41, 5.74) is 3.71. The topological polar surface area (TPSA) is 24.3 Å². The third-order valence-electron chi connectivity index (χ3n) is 3.45. The number of rotatable bonds is 6. The van der Waals surface area contributed by atoms with Gasteiger partial charge in [-0.05, 0) is 38.3 Å². The summed E-state index contributed by atoms with van der Waals surface area (Å²) in [6, 6.07) is 10.8. The van der Waals surface area contributed by atoms with Crippen LogP contribution in [0.1, 0.15) is 5.56 Å². The van der Waals surface area contributed by atoms with Crippen LogP contribution in [0.25, 0.3) is 11.3 Å². The standard InChI is InChI=1S/C16H24N4/c1-18(2)11-12-19(3)13-14-5-7-15(8-6-14)16-9-10-17-20(16)4/h5-10H,11-13H2,1-4H3. The molecule has 0 aliphatic carbocycles. The van der Waals surface area contributed by atoms with Crippen molar-refractivity contribution >= 4 is 0 Å². The summed E-state index contributed by atoms with van der Waals surface area (Å²) in [6.45, 7) is 3.15. The van der Waals surface area contributed by atoms with Gasteiger partial charge in [0.25, 0.3) is 0 Å².